The number of aromatic nitrogens is 1. The summed E-state index contributed by atoms with van der Waals surface area (Å²) in [7, 11) is 0. The second-order valence-corrected chi connectivity index (χ2v) is 2.56. The molecule has 1 rings (SSSR count). The van der Waals surface area contributed by atoms with Gasteiger partial charge in [0.25, 0.3) is 0 Å². The minimum Gasteiger partial charge on any atom is -0.504 e. The molecule has 0 saturated heterocycles. The van der Waals surface area contributed by atoms with Crippen molar-refractivity contribution < 1.29 is 23.0 Å². The Labute approximate surface area is 77.1 Å². The first-order valence-corrected chi connectivity index (χ1v) is 3.51. The van der Waals surface area contributed by atoms with Crippen molar-refractivity contribution in [3.05, 3.63) is 11.6 Å². The van der Waals surface area contributed by atoms with Gasteiger partial charge in [0.05, 0.1) is 0 Å². The fraction of sp³-hybridized carbons (Fsp3) is 0.286. The van der Waals surface area contributed by atoms with Crippen molar-refractivity contribution in [1.82, 2.24) is 4.98 Å². The number of anilines is 1. The molecular weight excluding hydrogens is 201 g/mol. The molecule has 0 aliphatic heterocycles. The molecule has 0 saturated carbocycles. The maximum atomic E-state index is 11.8. The Morgan fingerprint density at radius 2 is 2.07 bits per heavy atom. The summed E-state index contributed by atoms with van der Waals surface area (Å²) in [6.45, 7) is 1.31. The van der Waals surface area contributed by atoms with Gasteiger partial charge >= 0.3 is 6.36 Å². The number of alkyl halides is 3. The number of hydrogen-bond donors (Lipinski definition) is 2. The van der Waals surface area contributed by atoms with Crippen LogP contribution in [0.15, 0.2) is 6.07 Å². The van der Waals surface area contributed by atoms with Gasteiger partial charge in [-0.15, -0.1) is 13.2 Å². The van der Waals surface area contributed by atoms with E-state index in [0.717, 1.165) is 6.07 Å². The molecule has 78 valence electrons. The summed E-state index contributed by atoms with van der Waals surface area (Å²) in [4.78, 5) is 3.24. The lowest BCUT2D eigenvalue weighted by molar-refractivity contribution is -0.276. The smallest absolute Gasteiger partial charge is 0.504 e. The van der Waals surface area contributed by atoms with Gasteiger partial charge in [-0.25, -0.2) is 0 Å². The van der Waals surface area contributed by atoms with Crippen molar-refractivity contribution in [2.75, 3.05) is 5.73 Å². The molecule has 4 nitrogen and oxygen atoms in total. The molecule has 1 heterocycles. The highest BCUT2D eigenvalue weighted by Gasteiger charge is 2.32. The summed E-state index contributed by atoms with van der Waals surface area (Å²) in [5, 5.41) is 9.00. The zero-order chi connectivity index (χ0) is 10.9. The quantitative estimate of drug-likeness (QED) is 0.735. The molecule has 0 amide bonds. The number of aryl methyl sites for hydroxylation is 1. The van der Waals surface area contributed by atoms with Crippen LogP contribution in [0.2, 0.25) is 0 Å². The second-order valence-electron chi connectivity index (χ2n) is 2.56. The van der Waals surface area contributed by atoms with E-state index in [2.05, 4.69) is 9.72 Å². The monoisotopic (exact) mass is 208 g/mol. The molecule has 0 bridgehead atoms. The van der Waals surface area contributed by atoms with Crippen LogP contribution in [0.1, 0.15) is 5.56 Å². The summed E-state index contributed by atoms with van der Waals surface area (Å²) in [6.07, 6.45) is -4.82. The maximum Gasteiger partial charge on any atom is 0.574 e. The van der Waals surface area contributed by atoms with Gasteiger partial charge in [0.2, 0.25) is 5.88 Å². The van der Waals surface area contributed by atoms with Crippen molar-refractivity contribution in [2.24, 2.45) is 0 Å². The van der Waals surface area contributed by atoms with Gasteiger partial charge in [-0.1, -0.05) is 0 Å². The van der Waals surface area contributed by atoms with Crippen LogP contribution in [0.3, 0.4) is 0 Å². The van der Waals surface area contributed by atoms with Crippen molar-refractivity contribution in [2.45, 2.75) is 13.3 Å². The highest BCUT2D eigenvalue weighted by Crippen LogP contribution is 2.29. The Balaban J connectivity index is 3.04. The van der Waals surface area contributed by atoms with Gasteiger partial charge in [-0.2, -0.15) is 4.98 Å². The molecule has 0 radical (unpaired) electrons. The molecule has 0 aliphatic rings. The number of rotatable bonds is 1. The van der Waals surface area contributed by atoms with Crippen molar-refractivity contribution in [3.8, 4) is 11.6 Å². The van der Waals surface area contributed by atoms with Gasteiger partial charge in [0.1, 0.15) is 0 Å². The van der Waals surface area contributed by atoms with E-state index in [1.165, 1.54) is 6.92 Å². The lowest BCUT2D eigenvalue weighted by Gasteiger charge is -2.10. The lowest BCUT2D eigenvalue weighted by atomic mass is 10.3. The Hall–Kier alpha value is -1.66. The number of nitrogens with two attached hydrogens (primary N) is 1. The van der Waals surface area contributed by atoms with Gasteiger partial charge in [0.15, 0.2) is 11.6 Å². The molecule has 14 heavy (non-hydrogen) atoms. The number of nitrogens with zero attached hydrogens (tertiary/aromatic N) is 1. The Morgan fingerprint density at radius 3 is 2.57 bits per heavy atom. The summed E-state index contributed by atoms with van der Waals surface area (Å²) in [6, 6.07) is 1.05. The SMILES string of the molecule is Cc1cc(O)c(N)nc1OC(F)(F)F. The van der Waals surface area contributed by atoms with E-state index in [-0.39, 0.29) is 11.3 Å². The van der Waals surface area contributed by atoms with E-state index in [9.17, 15) is 13.2 Å². The van der Waals surface area contributed by atoms with Gasteiger partial charge < -0.3 is 15.6 Å². The number of pyridine rings is 1. The number of nitrogen functional groups attached to an aromatic ring is 1. The molecule has 0 spiro atoms. The first kappa shape index (κ1) is 10.4. The van der Waals surface area contributed by atoms with E-state index in [0.29, 0.717) is 0 Å². The third-order valence-electron chi connectivity index (χ3n) is 1.39. The molecule has 0 aromatic carbocycles. The van der Waals surface area contributed by atoms with E-state index in [1.807, 2.05) is 0 Å². The van der Waals surface area contributed by atoms with Crippen molar-refractivity contribution in [3.63, 3.8) is 0 Å². The zero-order valence-electron chi connectivity index (χ0n) is 7.09. The van der Waals surface area contributed by atoms with Crippen molar-refractivity contribution in [1.29, 1.82) is 0 Å². The Morgan fingerprint density at radius 1 is 1.50 bits per heavy atom. The molecule has 0 atom stereocenters. The van der Waals surface area contributed by atoms with Crippen LogP contribution in [-0.2, 0) is 0 Å². The molecule has 7 heteroatoms. The van der Waals surface area contributed by atoms with E-state index in [1.54, 1.807) is 0 Å². The standard InChI is InChI=1S/C7H7F3N2O2/c1-3-2-4(13)5(11)12-6(3)14-7(8,9)10/h2,13H,1H3,(H2,11,12). The third kappa shape index (κ3) is 2.41. The van der Waals surface area contributed by atoms with Gasteiger partial charge in [-0.3, -0.25) is 0 Å². The molecule has 0 unspecified atom stereocenters. The third-order valence-corrected chi connectivity index (χ3v) is 1.39. The zero-order valence-corrected chi connectivity index (χ0v) is 7.09. The maximum absolute atomic E-state index is 11.8. The van der Waals surface area contributed by atoms with Crippen LogP contribution in [0, 0.1) is 6.92 Å². The van der Waals surface area contributed by atoms with Crippen LogP contribution in [0.5, 0.6) is 11.6 Å². The lowest BCUT2D eigenvalue weighted by Crippen LogP contribution is -2.18. The van der Waals surface area contributed by atoms with E-state index in [4.69, 9.17) is 10.8 Å². The number of aromatic hydroxyl groups is 1. The minimum atomic E-state index is -4.82. The highest BCUT2D eigenvalue weighted by molar-refractivity contribution is 5.49. The Kier molecular flexibility index (Phi) is 2.41. The van der Waals surface area contributed by atoms with Crippen molar-refractivity contribution >= 4 is 5.82 Å². The summed E-state index contributed by atoms with van der Waals surface area (Å²) >= 11 is 0. The molecule has 3 N–H and O–H groups in total. The molecule has 0 fully saturated rings. The fourth-order valence-electron chi connectivity index (χ4n) is 0.809. The Bertz CT molecular complexity index is 352. The topological polar surface area (TPSA) is 68.4 Å². The summed E-state index contributed by atoms with van der Waals surface area (Å²) in [5.41, 5.74) is 5.15. The molecule has 0 aliphatic carbocycles. The molecule has 1 aromatic heterocycles. The highest BCUT2D eigenvalue weighted by atomic mass is 19.4. The predicted molar refractivity (Wildman–Crippen MR) is 41.7 cm³/mol. The fourth-order valence-corrected chi connectivity index (χ4v) is 0.809. The number of halogens is 3. The molecular formula is C7H7F3N2O2. The normalized spacial score (nSPS) is 11.4. The van der Waals surface area contributed by atoms with Crippen LogP contribution < -0.4 is 10.5 Å². The second kappa shape index (κ2) is 3.24. The number of ether oxygens (including phenoxy) is 1. The van der Waals surface area contributed by atoms with Gasteiger partial charge in [-0.05, 0) is 13.0 Å². The van der Waals surface area contributed by atoms with Crippen LogP contribution >= 0.6 is 0 Å². The molecule has 1 aromatic rings. The summed E-state index contributed by atoms with van der Waals surface area (Å²) in [5.74, 6) is -1.44. The van der Waals surface area contributed by atoms with E-state index < -0.39 is 18.1 Å². The van der Waals surface area contributed by atoms with Gasteiger partial charge in [0, 0.05) is 5.56 Å². The first-order valence-electron chi connectivity index (χ1n) is 3.51. The van der Waals surface area contributed by atoms with Crippen LogP contribution in [-0.4, -0.2) is 16.5 Å². The predicted octanol–water partition coefficient (Wildman–Crippen LogP) is 1.58. The van der Waals surface area contributed by atoms with Crippen LogP contribution in [0.4, 0.5) is 19.0 Å². The summed E-state index contributed by atoms with van der Waals surface area (Å²) < 4.78 is 38.9. The first-order chi connectivity index (χ1) is 6.29. The number of hydrogen-bond acceptors (Lipinski definition) is 4. The van der Waals surface area contributed by atoms with Crippen LogP contribution in [0.25, 0.3) is 0 Å². The minimum absolute atomic E-state index is 0.0500. The largest absolute Gasteiger partial charge is 0.574 e. The van der Waals surface area contributed by atoms with E-state index >= 15 is 0 Å². The average molecular weight is 208 g/mol. The average Bonchev–Trinajstić information content (AvgIpc) is 1.97.